The smallest absolute Gasteiger partial charge is 0.270 e. The van der Waals surface area contributed by atoms with Gasteiger partial charge in [-0.15, -0.1) is 0 Å². The molecule has 1 amide bonds. The first-order chi connectivity index (χ1) is 9.91. The van der Waals surface area contributed by atoms with E-state index in [-0.39, 0.29) is 16.3 Å². The summed E-state index contributed by atoms with van der Waals surface area (Å²) < 4.78 is 0. The molecule has 1 radical (unpaired) electrons. The highest BCUT2D eigenvalue weighted by Gasteiger charge is 2.20. The molecule has 0 unspecified atom stereocenters. The van der Waals surface area contributed by atoms with Gasteiger partial charge in [-0.25, -0.2) is 0 Å². The van der Waals surface area contributed by atoms with Crippen LogP contribution in [0.15, 0.2) is 36.4 Å². The zero-order valence-electron chi connectivity index (χ0n) is 11.5. The second kappa shape index (κ2) is 5.93. The van der Waals surface area contributed by atoms with E-state index in [0.717, 1.165) is 5.56 Å². The van der Waals surface area contributed by atoms with E-state index in [9.17, 15) is 14.9 Å². The van der Waals surface area contributed by atoms with E-state index in [2.05, 4.69) is 6.07 Å². The molecule has 5 nitrogen and oxygen atoms in total. The summed E-state index contributed by atoms with van der Waals surface area (Å²) in [6.45, 7) is 1.85. The second-order valence-corrected chi connectivity index (χ2v) is 4.91. The van der Waals surface area contributed by atoms with Crippen molar-refractivity contribution in [1.82, 2.24) is 0 Å². The maximum atomic E-state index is 12.5. The zero-order valence-corrected chi connectivity index (χ0v) is 12.2. The molecule has 2 aromatic carbocycles. The highest BCUT2D eigenvalue weighted by molar-refractivity contribution is 6.34. The Morgan fingerprint density at radius 2 is 2.10 bits per heavy atom. The quantitative estimate of drug-likeness (QED) is 0.642. The molecule has 107 valence electrons. The maximum Gasteiger partial charge on any atom is 0.270 e. The van der Waals surface area contributed by atoms with Crippen molar-refractivity contribution in [2.45, 2.75) is 6.92 Å². The first kappa shape index (κ1) is 15.0. The molecule has 0 atom stereocenters. The number of non-ortho nitro benzene ring substituents is 1. The molecule has 0 aliphatic carbocycles. The molecule has 0 aliphatic rings. The van der Waals surface area contributed by atoms with Crippen LogP contribution in [0.2, 0.25) is 5.02 Å². The van der Waals surface area contributed by atoms with Gasteiger partial charge in [0.15, 0.2) is 0 Å². The molecule has 2 rings (SSSR count). The van der Waals surface area contributed by atoms with Gasteiger partial charge >= 0.3 is 0 Å². The van der Waals surface area contributed by atoms with Crippen LogP contribution in [-0.2, 0) is 0 Å². The third-order valence-corrected chi connectivity index (χ3v) is 3.43. The second-order valence-electron chi connectivity index (χ2n) is 4.50. The van der Waals surface area contributed by atoms with Crippen molar-refractivity contribution in [2.75, 3.05) is 11.9 Å². The van der Waals surface area contributed by atoms with Crippen LogP contribution in [-0.4, -0.2) is 17.9 Å². The summed E-state index contributed by atoms with van der Waals surface area (Å²) in [7, 11) is 1.60. The minimum absolute atomic E-state index is 0.0978. The lowest BCUT2D eigenvalue weighted by Crippen LogP contribution is -2.27. The molecule has 0 heterocycles. The van der Waals surface area contributed by atoms with Crippen LogP contribution in [0.1, 0.15) is 15.9 Å². The topological polar surface area (TPSA) is 63.5 Å². The van der Waals surface area contributed by atoms with Crippen LogP contribution in [0, 0.1) is 23.1 Å². The summed E-state index contributed by atoms with van der Waals surface area (Å²) in [5.74, 6) is -0.405. The number of amides is 1. The van der Waals surface area contributed by atoms with Crippen molar-refractivity contribution in [3.05, 3.63) is 68.7 Å². The fourth-order valence-electron chi connectivity index (χ4n) is 1.96. The molecule has 0 spiro atoms. The molecule has 6 heteroatoms. The average molecular weight is 304 g/mol. The Hall–Kier alpha value is -2.40. The Bertz CT molecular complexity index is 716. The highest BCUT2D eigenvalue weighted by Crippen LogP contribution is 2.26. The van der Waals surface area contributed by atoms with Gasteiger partial charge in [-0.1, -0.05) is 17.7 Å². The van der Waals surface area contributed by atoms with Crippen molar-refractivity contribution < 1.29 is 9.72 Å². The van der Waals surface area contributed by atoms with Crippen LogP contribution in [0.4, 0.5) is 11.4 Å². The number of nitrogens with zero attached hydrogens (tertiary/aromatic N) is 2. The van der Waals surface area contributed by atoms with Crippen LogP contribution in [0.25, 0.3) is 0 Å². The van der Waals surface area contributed by atoms with Gasteiger partial charge in [0.2, 0.25) is 0 Å². The number of rotatable bonds is 3. The van der Waals surface area contributed by atoms with E-state index >= 15 is 0 Å². The summed E-state index contributed by atoms with van der Waals surface area (Å²) in [6, 6.07) is 11.9. The Morgan fingerprint density at radius 3 is 2.71 bits per heavy atom. The number of halogens is 1. The Labute approximate surface area is 126 Å². The van der Waals surface area contributed by atoms with Gasteiger partial charge in [-0.2, -0.15) is 0 Å². The van der Waals surface area contributed by atoms with Gasteiger partial charge in [-0.05, 0) is 36.8 Å². The number of hydrogen-bond donors (Lipinski definition) is 0. The van der Waals surface area contributed by atoms with Crippen molar-refractivity contribution in [1.29, 1.82) is 0 Å². The van der Waals surface area contributed by atoms with Crippen molar-refractivity contribution in [3.63, 3.8) is 0 Å². The molecular weight excluding hydrogens is 292 g/mol. The van der Waals surface area contributed by atoms with Gasteiger partial charge in [0, 0.05) is 24.9 Å². The van der Waals surface area contributed by atoms with Gasteiger partial charge < -0.3 is 4.90 Å². The lowest BCUT2D eigenvalue weighted by atomic mass is 10.1. The summed E-state index contributed by atoms with van der Waals surface area (Å²) in [4.78, 5) is 24.2. The van der Waals surface area contributed by atoms with Crippen LogP contribution < -0.4 is 4.90 Å². The SMILES string of the molecule is Cc1c[c]ccc1N(C)C(=O)c1cc([N+](=O)[O-])ccc1Cl. The van der Waals surface area contributed by atoms with Gasteiger partial charge in [0.1, 0.15) is 0 Å². The molecular formula is C15H12ClN2O3. The number of nitro groups is 1. The average Bonchev–Trinajstić information content (AvgIpc) is 2.46. The fourth-order valence-corrected chi connectivity index (χ4v) is 2.16. The molecule has 0 fully saturated rings. The number of carbonyl (C=O) groups excluding carboxylic acids is 1. The molecule has 2 aromatic rings. The third-order valence-electron chi connectivity index (χ3n) is 3.10. The number of benzene rings is 2. The number of anilines is 1. The van der Waals surface area contributed by atoms with Gasteiger partial charge in [0.05, 0.1) is 15.5 Å². The maximum absolute atomic E-state index is 12.5. The van der Waals surface area contributed by atoms with Crippen molar-refractivity contribution in [2.24, 2.45) is 0 Å². The minimum Gasteiger partial charge on any atom is -0.311 e. The lowest BCUT2D eigenvalue weighted by molar-refractivity contribution is -0.384. The lowest BCUT2D eigenvalue weighted by Gasteiger charge is -2.19. The molecule has 0 saturated heterocycles. The Morgan fingerprint density at radius 1 is 1.38 bits per heavy atom. The normalized spacial score (nSPS) is 10.2. The molecule has 0 saturated carbocycles. The van der Waals surface area contributed by atoms with Crippen LogP contribution in [0.5, 0.6) is 0 Å². The first-order valence-corrected chi connectivity index (χ1v) is 6.48. The van der Waals surface area contributed by atoms with E-state index in [0.29, 0.717) is 5.69 Å². The Balaban J connectivity index is 2.42. The monoisotopic (exact) mass is 303 g/mol. The number of carbonyl (C=O) groups is 1. The minimum atomic E-state index is -0.560. The van der Waals surface area contributed by atoms with E-state index < -0.39 is 10.8 Å². The number of hydrogen-bond acceptors (Lipinski definition) is 3. The van der Waals surface area contributed by atoms with E-state index in [1.54, 1.807) is 25.2 Å². The fraction of sp³-hybridized carbons (Fsp3) is 0.133. The zero-order chi connectivity index (χ0) is 15.6. The summed E-state index contributed by atoms with van der Waals surface area (Å²) in [5.41, 5.74) is 1.49. The standard InChI is InChI=1S/C15H12ClN2O3/c1-10-5-3-4-6-14(10)17(2)15(19)12-9-11(18(20)21)7-8-13(12)16/h4-9H,1-2H3. The van der Waals surface area contributed by atoms with Crippen molar-refractivity contribution in [3.8, 4) is 0 Å². The molecule has 0 aromatic heterocycles. The molecule has 0 aliphatic heterocycles. The van der Waals surface area contributed by atoms with Gasteiger partial charge in [0.25, 0.3) is 11.6 Å². The van der Waals surface area contributed by atoms with Crippen LogP contribution in [0.3, 0.4) is 0 Å². The summed E-state index contributed by atoms with van der Waals surface area (Å²) >= 11 is 5.99. The predicted octanol–water partition coefficient (Wildman–Crippen LogP) is 3.63. The van der Waals surface area contributed by atoms with Crippen molar-refractivity contribution >= 4 is 28.9 Å². The number of aryl methyl sites for hydroxylation is 1. The first-order valence-electron chi connectivity index (χ1n) is 6.10. The number of nitro benzene ring substituents is 1. The predicted molar refractivity (Wildman–Crippen MR) is 80.9 cm³/mol. The molecule has 0 N–H and O–H groups in total. The largest absolute Gasteiger partial charge is 0.311 e. The third kappa shape index (κ3) is 3.03. The van der Waals surface area contributed by atoms with E-state index in [4.69, 9.17) is 11.6 Å². The molecule has 0 bridgehead atoms. The highest BCUT2D eigenvalue weighted by atomic mass is 35.5. The van der Waals surface area contributed by atoms with E-state index in [1.807, 2.05) is 6.92 Å². The summed E-state index contributed by atoms with van der Waals surface area (Å²) in [5, 5.41) is 11.0. The summed E-state index contributed by atoms with van der Waals surface area (Å²) in [6.07, 6.45) is 0. The van der Waals surface area contributed by atoms with Crippen LogP contribution >= 0.6 is 11.6 Å². The van der Waals surface area contributed by atoms with E-state index in [1.165, 1.54) is 23.1 Å². The molecule has 21 heavy (non-hydrogen) atoms. The van der Waals surface area contributed by atoms with Gasteiger partial charge in [-0.3, -0.25) is 14.9 Å². The Kier molecular flexibility index (Phi) is 4.23.